The van der Waals surface area contributed by atoms with Crippen molar-refractivity contribution in [3.05, 3.63) is 64.1 Å². The van der Waals surface area contributed by atoms with Gasteiger partial charge in [0.1, 0.15) is 5.54 Å². The highest BCUT2D eigenvalue weighted by Gasteiger charge is 2.36. The number of rotatable bonds is 4. The molecular weight excluding hydrogens is 311 g/mol. The molecule has 0 aliphatic carbocycles. The van der Waals surface area contributed by atoms with Crippen LogP contribution in [0.3, 0.4) is 0 Å². The number of carbonyl (C=O) groups is 1. The Morgan fingerprint density at radius 1 is 1.05 bits per heavy atom. The van der Waals surface area contributed by atoms with Gasteiger partial charge in [-0.2, -0.15) is 0 Å². The number of hydroxylamine groups is 1. The Morgan fingerprint density at radius 3 is 2.14 bits per heavy atom. The van der Waals surface area contributed by atoms with Gasteiger partial charge in [0.2, 0.25) is 0 Å². The fourth-order valence-electron chi connectivity index (χ4n) is 2.01. The lowest BCUT2D eigenvalue weighted by Crippen LogP contribution is -2.47. The van der Waals surface area contributed by atoms with Crippen LogP contribution in [0.4, 0.5) is 5.69 Å². The molecule has 0 aliphatic rings. The molecule has 1 amide bonds. The summed E-state index contributed by atoms with van der Waals surface area (Å²) in [5, 5.41) is 12.8. The van der Waals surface area contributed by atoms with E-state index in [2.05, 4.69) is 5.32 Å². The molecule has 0 bridgehead atoms. The van der Waals surface area contributed by atoms with Crippen LogP contribution in [-0.2, 0) is 10.3 Å². The number of hydrogen-bond acceptors (Lipinski definition) is 3. The van der Waals surface area contributed by atoms with Crippen LogP contribution in [0.1, 0.15) is 12.5 Å². The van der Waals surface area contributed by atoms with Gasteiger partial charge in [-0.25, -0.2) is 5.48 Å². The first-order valence-electron chi connectivity index (χ1n) is 6.21. The zero-order valence-electron chi connectivity index (χ0n) is 11.2. The molecule has 0 saturated carbocycles. The van der Waals surface area contributed by atoms with E-state index >= 15 is 0 Å². The minimum atomic E-state index is -1.23. The van der Waals surface area contributed by atoms with Crippen LogP contribution in [0.25, 0.3) is 0 Å². The highest BCUT2D eigenvalue weighted by Crippen LogP contribution is 2.35. The molecule has 1 atom stereocenters. The Hall–Kier alpha value is -1.75. The van der Waals surface area contributed by atoms with E-state index in [0.717, 1.165) is 0 Å². The summed E-state index contributed by atoms with van der Waals surface area (Å²) < 4.78 is 0. The first-order chi connectivity index (χ1) is 9.99. The number of halogens is 2. The van der Waals surface area contributed by atoms with Crippen LogP contribution in [0.5, 0.6) is 0 Å². The van der Waals surface area contributed by atoms with Crippen LogP contribution < -0.4 is 10.8 Å². The average Bonchev–Trinajstić information content (AvgIpc) is 2.51. The first kappa shape index (κ1) is 15.6. The first-order valence-corrected chi connectivity index (χ1v) is 6.97. The van der Waals surface area contributed by atoms with Gasteiger partial charge in [0, 0.05) is 0 Å². The van der Waals surface area contributed by atoms with Gasteiger partial charge in [-0.1, -0.05) is 59.6 Å². The number of amides is 1. The standard InChI is InChI=1S/C15H14Cl2N2O2/c1-15(14(20)19-21,10-6-3-2-4-7-10)18-13-11(16)8-5-9-12(13)17/h2-9,18,21H,1H3,(H,19,20). The summed E-state index contributed by atoms with van der Waals surface area (Å²) in [6.45, 7) is 1.63. The van der Waals surface area contributed by atoms with Gasteiger partial charge in [0.15, 0.2) is 0 Å². The highest BCUT2D eigenvalue weighted by atomic mass is 35.5. The summed E-state index contributed by atoms with van der Waals surface area (Å²) in [5.41, 5.74) is 1.53. The van der Waals surface area contributed by atoms with Crippen molar-refractivity contribution in [3.63, 3.8) is 0 Å². The van der Waals surface area contributed by atoms with Crippen molar-refractivity contribution in [1.29, 1.82) is 0 Å². The summed E-state index contributed by atoms with van der Waals surface area (Å²) in [6.07, 6.45) is 0. The van der Waals surface area contributed by atoms with E-state index in [-0.39, 0.29) is 0 Å². The second-order valence-corrected chi connectivity index (χ2v) is 5.47. The van der Waals surface area contributed by atoms with Crippen molar-refractivity contribution < 1.29 is 10.0 Å². The topological polar surface area (TPSA) is 61.4 Å². The lowest BCUT2D eigenvalue weighted by molar-refractivity contribution is -0.133. The Labute approximate surface area is 132 Å². The predicted molar refractivity (Wildman–Crippen MR) is 83.8 cm³/mol. The molecule has 1 unspecified atom stereocenters. The summed E-state index contributed by atoms with van der Waals surface area (Å²) in [5.74, 6) is -0.621. The van der Waals surface area contributed by atoms with Gasteiger partial charge in [-0.05, 0) is 24.6 Å². The number of anilines is 1. The van der Waals surface area contributed by atoms with E-state index in [1.165, 1.54) is 0 Å². The van der Waals surface area contributed by atoms with Gasteiger partial charge in [-0.15, -0.1) is 0 Å². The molecule has 0 heterocycles. The maximum absolute atomic E-state index is 12.2. The number of carbonyl (C=O) groups excluding carboxylic acids is 1. The van der Waals surface area contributed by atoms with Crippen LogP contribution >= 0.6 is 23.2 Å². The lowest BCUT2D eigenvalue weighted by atomic mass is 9.90. The molecular formula is C15H14Cl2N2O2. The minimum Gasteiger partial charge on any atom is -0.365 e. The molecule has 4 nitrogen and oxygen atoms in total. The largest absolute Gasteiger partial charge is 0.365 e. The van der Waals surface area contributed by atoms with Crippen LogP contribution in [0.15, 0.2) is 48.5 Å². The number of hydrogen-bond donors (Lipinski definition) is 3. The van der Waals surface area contributed by atoms with Crippen molar-refractivity contribution >= 4 is 34.8 Å². The van der Waals surface area contributed by atoms with Crippen LogP contribution in [-0.4, -0.2) is 11.1 Å². The van der Waals surface area contributed by atoms with Gasteiger partial charge in [0.05, 0.1) is 15.7 Å². The SMILES string of the molecule is CC(Nc1c(Cl)cccc1Cl)(C(=O)NO)c1ccccc1. The van der Waals surface area contributed by atoms with Gasteiger partial charge >= 0.3 is 0 Å². The molecule has 2 aromatic carbocycles. The Bertz CT molecular complexity index is 629. The molecule has 0 spiro atoms. The predicted octanol–water partition coefficient (Wildman–Crippen LogP) is 3.83. The third-order valence-electron chi connectivity index (χ3n) is 3.24. The molecule has 3 N–H and O–H groups in total. The molecule has 0 aliphatic heterocycles. The molecule has 2 aromatic rings. The Balaban J connectivity index is 2.50. The minimum absolute atomic E-state index is 0.385. The molecule has 110 valence electrons. The van der Waals surface area contributed by atoms with Crippen LogP contribution in [0.2, 0.25) is 10.0 Å². The number of benzene rings is 2. The number of nitrogens with one attached hydrogen (secondary N) is 2. The van der Waals surface area contributed by atoms with E-state index < -0.39 is 11.4 Å². The monoisotopic (exact) mass is 324 g/mol. The van der Waals surface area contributed by atoms with Crippen molar-refractivity contribution in [3.8, 4) is 0 Å². The van der Waals surface area contributed by atoms with E-state index in [4.69, 9.17) is 28.4 Å². The zero-order chi connectivity index (χ0) is 15.5. The average molecular weight is 325 g/mol. The quantitative estimate of drug-likeness (QED) is 0.591. The molecule has 0 radical (unpaired) electrons. The molecule has 0 fully saturated rings. The second-order valence-electron chi connectivity index (χ2n) is 4.65. The molecule has 0 saturated heterocycles. The van der Waals surface area contributed by atoms with Crippen molar-refractivity contribution in [2.45, 2.75) is 12.5 Å². The van der Waals surface area contributed by atoms with E-state index in [1.807, 2.05) is 6.07 Å². The Morgan fingerprint density at radius 2 is 1.62 bits per heavy atom. The highest BCUT2D eigenvalue weighted by molar-refractivity contribution is 6.39. The van der Waals surface area contributed by atoms with Crippen LogP contribution in [0, 0.1) is 0 Å². The fourth-order valence-corrected chi connectivity index (χ4v) is 2.50. The molecule has 0 aromatic heterocycles. The second kappa shape index (κ2) is 6.35. The Kier molecular flexibility index (Phi) is 4.73. The maximum atomic E-state index is 12.2. The summed E-state index contributed by atoms with van der Waals surface area (Å²) in [7, 11) is 0. The summed E-state index contributed by atoms with van der Waals surface area (Å²) in [6, 6.07) is 14.0. The molecule has 6 heteroatoms. The van der Waals surface area contributed by atoms with E-state index in [9.17, 15) is 4.79 Å². The smallest absolute Gasteiger partial charge is 0.273 e. The molecule has 21 heavy (non-hydrogen) atoms. The van der Waals surface area contributed by atoms with Gasteiger partial charge in [0.25, 0.3) is 5.91 Å². The number of para-hydroxylation sites is 1. The maximum Gasteiger partial charge on any atom is 0.273 e. The normalized spacial score (nSPS) is 13.3. The summed E-state index contributed by atoms with van der Waals surface area (Å²) >= 11 is 12.3. The van der Waals surface area contributed by atoms with E-state index in [0.29, 0.717) is 21.3 Å². The van der Waals surface area contributed by atoms with Gasteiger partial charge < -0.3 is 5.32 Å². The van der Waals surface area contributed by atoms with Crippen molar-refractivity contribution in [2.24, 2.45) is 0 Å². The van der Waals surface area contributed by atoms with Gasteiger partial charge in [-0.3, -0.25) is 10.0 Å². The summed E-state index contributed by atoms with van der Waals surface area (Å²) in [4.78, 5) is 12.2. The zero-order valence-corrected chi connectivity index (χ0v) is 12.7. The van der Waals surface area contributed by atoms with E-state index in [1.54, 1.807) is 54.9 Å². The van der Waals surface area contributed by atoms with Crippen molar-refractivity contribution in [2.75, 3.05) is 5.32 Å². The molecule has 2 rings (SSSR count). The fraction of sp³-hybridized carbons (Fsp3) is 0.133. The van der Waals surface area contributed by atoms with Crippen molar-refractivity contribution in [1.82, 2.24) is 5.48 Å². The lowest BCUT2D eigenvalue weighted by Gasteiger charge is -2.30. The third-order valence-corrected chi connectivity index (χ3v) is 3.87. The third kappa shape index (κ3) is 3.13.